The SMILES string of the molecule is c1ccc(-c2ccccc2-c2cc(-c3ccc(-c4cc5ccccc5s4)cc3)nc(-c3cccc4c3oc3ccccc34)n2)cc1. The highest BCUT2D eigenvalue weighted by Crippen LogP contribution is 2.39. The number of benzene rings is 6. The molecule has 0 bridgehead atoms. The lowest BCUT2D eigenvalue weighted by molar-refractivity contribution is 0.669. The average molecular weight is 607 g/mol. The van der Waals surface area contributed by atoms with Gasteiger partial charge in [-0.25, -0.2) is 9.97 Å². The van der Waals surface area contributed by atoms with Crippen molar-refractivity contribution in [1.82, 2.24) is 9.97 Å². The maximum absolute atomic E-state index is 6.43. The molecule has 3 nitrogen and oxygen atoms in total. The Morgan fingerprint density at radius 2 is 1.13 bits per heavy atom. The standard InChI is InChI=1S/C42H26N2OS/c1-2-11-27(12-3-1)31-14-5-6-15-32(31)37-26-36(28-21-23-29(24-22-28)40-25-30-13-4-9-20-39(30)46-40)43-42(44-37)35-18-10-17-34-33-16-7-8-19-38(33)45-41(34)35/h1-26H. The first-order valence-electron chi connectivity index (χ1n) is 15.3. The summed E-state index contributed by atoms with van der Waals surface area (Å²) in [4.78, 5) is 11.7. The molecule has 216 valence electrons. The van der Waals surface area contributed by atoms with Gasteiger partial charge >= 0.3 is 0 Å². The molecule has 0 radical (unpaired) electrons. The van der Waals surface area contributed by atoms with Crippen LogP contribution in [-0.4, -0.2) is 9.97 Å². The lowest BCUT2D eigenvalue weighted by Gasteiger charge is -2.13. The lowest BCUT2D eigenvalue weighted by Crippen LogP contribution is -1.97. The minimum absolute atomic E-state index is 0.633. The molecule has 9 rings (SSSR count). The third-order valence-electron chi connectivity index (χ3n) is 8.55. The first-order chi connectivity index (χ1) is 22.8. The largest absolute Gasteiger partial charge is 0.455 e. The molecule has 0 fully saturated rings. The van der Waals surface area contributed by atoms with Crippen LogP contribution in [0, 0.1) is 0 Å². The number of thiophene rings is 1. The van der Waals surface area contributed by atoms with E-state index in [1.54, 1.807) is 0 Å². The maximum atomic E-state index is 6.43. The zero-order chi connectivity index (χ0) is 30.5. The molecule has 3 heterocycles. The van der Waals surface area contributed by atoms with E-state index in [0.717, 1.165) is 61.1 Å². The van der Waals surface area contributed by atoms with Crippen LogP contribution in [0.3, 0.4) is 0 Å². The molecule has 0 spiro atoms. The second-order valence-corrected chi connectivity index (χ2v) is 12.5. The Morgan fingerprint density at radius 1 is 0.457 bits per heavy atom. The van der Waals surface area contributed by atoms with Crippen LogP contribution in [0.1, 0.15) is 0 Å². The van der Waals surface area contributed by atoms with Gasteiger partial charge in [0.2, 0.25) is 0 Å². The van der Waals surface area contributed by atoms with Crippen molar-refractivity contribution in [3.05, 3.63) is 158 Å². The van der Waals surface area contributed by atoms with Gasteiger partial charge in [0.1, 0.15) is 11.2 Å². The Hall–Kier alpha value is -5.84. The summed E-state index contributed by atoms with van der Waals surface area (Å²) in [5.41, 5.74) is 9.79. The molecule has 0 N–H and O–H groups in total. The normalized spacial score (nSPS) is 11.5. The van der Waals surface area contributed by atoms with Gasteiger partial charge in [0.05, 0.1) is 17.0 Å². The van der Waals surface area contributed by atoms with Crippen molar-refractivity contribution in [2.24, 2.45) is 0 Å². The minimum atomic E-state index is 0.633. The van der Waals surface area contributed by atoms with Gasteiger partial charge in [0, 0.05) is 31.5 Å². The monoisotopic (exact) mass is 606 g/mol. The highest BCUT2D eigenvalue weighted by Gasteiger charge is 2.18. The number of furan rings is 1. The third-order valence-corrected chi connectivity index (χ3v) is 9.72. The smallest absolute Gasteiger partial charge is 0.164 e. The van der Waals surface area contributed by atoms with Crippen molar-refractivity contribution in [2.75, 3.05) is 0 Å². The summed E-state index contributed by atoms with van der Waals surface area (Å²) < 4.78 is 7.73. The molecule has 4 heteroatoms. The van der Waals surface area contributed by atoms with Crippen LogP contribution in [0.5, 0.6) is 0 Å². The van der Waals surface area contributed by atoms with Gasteiger partial charge in [-0.3, -0.25) is 0 Å². The first kappa shape index (κ1) is 26.6. The van der Waals surface area contributed by atoms with E-state index >= 15 is 0 Å². The zero-order valence-electron chi connectivity index (χ0n) is 24.7. The second-order valence-electron chi connectivity index (χ2n) is 11.4. The Kier molecular flexibility index (Phi) is 6.32. The fourth-order valence-electron chi connectivity index (χ4n) is 6.28. The summed E-state index contributed by atoms with van der Waals surface area (Å²) in [6.07, 6.45) is 0. The average Bonchev–Trinajstić information content (AvgIpc) is 3.74. The molecule has 0 unspecified atom stereocenters. The predicted molar refractivity (Wildman–Crippen MR) is 192 cm³/mol. The van der Waals surface area contributed by atoms with Crippen LogP contribution < -0.4 is 0 Å². The Labute approximate surface area is 270 Å². The van der Waals surface area contributed by atoms with E-state index in [9.17, 15) is 0 Å². The van der Waals surface area contributed by atoms with E-state index in [-0.39, 0.29) is 0 Å². The van der Waals surface area contributed by atoms with Crippen LogP contribution in [0.25, 0.3) is 87.5 Å². The topological polar surface area (TPSA) is 38.9 Å². The van der Waals surface area contributed by atoms with Crippen LogP contribution in [0.4, 0.5) is 0 Å². The van der Waals surface area contributed by atoms with Crippen molar-refractivity contribution in [3.8, 4) is 55.5 Å². The number of fused-ring (bicyclic) bond motifs is 4. The summed E-state index contributed by atoms with van der Waals surface area (Å²) in [5.74, 6) is 0.633. The van der Waals surface area contributed by atoms with Crippen LogP contribution in [0.15, 0.2) is 162 Å². The summed E-state index contributed by atoms with van der Waals surface area (Å²) in [6.45, 7) is 0. The maximum Gasteiger partial charge on any atom is 0.164 e. The molecule has 9 aromatic rings. The molecule has 46 heavy (non-hydrogen) atoms. The van der Waals surface area contributed by atoms with Crippen LogP contribution in [0.2, 0.25) is 0 Å². The first-order valence-corrected chi connectivity index (χ1v) is 16.1. The highest BCUT2D eigenvalue weighted by molar-refractivity contribution is 7.22. The van der Waals surface area contributed by atoms with Gasteiger partial charge in [0.25, 0.3) is 0 Å². The molecular weight excluding hydrogens is 581 g/mol. The molecule has 3 aromatic heterocycles. The van der Waals surface area contributed by atoms with Crippen molar-refractivity contribution in [3.63, 3.8) is 0 Å². The number of rotatable bonds is 5. The predicted octanol–water partition coefficient (Wildman–Crippen LogP) is 11.9. The fraction of sp³-hybridized carbons (Fsp3) is 0. The molecule has 0 aliphatic carbocycles. The van der Waals surface area contributed by atoms with E-state index in [1.165, 1.54) is 20.5 Å². The molecule has 0 saturated carbocycles. The van der Waals surface area contributed by atoms with Gasteiger partial charge in [-0.1, -0.05) is 127 Å². The molecule has 6 aromatic carbocycles. The van der Waals surface area contributed by atoms with Gasteiger partial charge in [0.15, 0.2) is 5.82 Å². The lowest BCUT2D eigenvalue weighted by atomic mass is 9.96. The van der Waals surface area contributed by atoms with Crippen molar-refractivity contribution in [2.45, 2.75) is 0 Å². The quantitative estimate of drug-likeness (QED) is 0.196. The highest BCUT2D eigenvalue weighted by atomic mass is 32.1. The molecule has 0 saturated heterocycles. The number of para-hydroxylation sites is 2. The third kappa shape index (κ3) is 4.59. The van der Waals surface area contributed by atoms with Crippen LogP contribution >= 0.6 is 11.3 Å². The number of hydrogen-bond acceptors (Lipinski definition) is 4. The number of hydrogen-bond donors (Lipinski definition) is 0. The Morgan fingerprint density at radius 3 is 2.00 bits per heavy atom. The number of nitrogens with zero attached hydrogens (tertiary/aromatic N) is 2. The minimum Gasteiger partial charge on any atom is -0.455 e. The van der Waals surface area contributed by atoms with Crippen molar-refractivity contribution < 1.29 is 4.42 Å². The van der Waals surface area contributed by atoms with Crippen molar-refractivity contribution in [1.29, 1.82) is 0 Å². The van der Waals surface area contributed by atoms with Gasteiger partial charge in [-0.05, 0) is 52.4 Å². The van der Waals surface area contributed by atoms with Gasteiger partial charge in [-0.2, -0.15) is 0 Å². The Balaban J connectivity index is 1.23. The van der Waals surface area contributed by atoms with E-state index in [4.69, 9.17) is 14.4 Å². The van der Waals surface area contributed by atoms with E-state index in [2.05, 4.69) is 133 Å². The summed E-state index contributed by atoms with van der Waals surface area (Å²) in [5, 5.41) is 3.41. The second kappa shape index (κ2) is 11.0. The molecule has 0 amide bonds. The number of aromatic nitrogens is 2. The molecular formula is C42H26N2OS. The summed E-state index contributed by atoms with van der Waals surface area (Å²) >= 11 is 1.82. The van der Waals surface area contributed by atoms with Crippen LogP contribution in [-0.2, 0) is 0 Å². The van der Waals surface area contributed by atoms with E-state index < -0.39 is 0 Å². The summed E-state index contributed by atoms with van der Waals surface area (Å²) in [7, 11) is 0. The van der Waals surface area contributed by atoms with Crippen molar-refractivity contribution >= 4 is 43.4 Å². The van der Waals surface area contributed by atoms with E-state index in [0.29, 0.717) is 5.82 Å². The van der Waals surface area contributed by atoms with Gasteiger partial charge in [-0.15, -0.1) is 11.3 Å². The van der Waals surface area contributed by atoms with Gasteiger partial charge < -0.3 is 4.42 Å². The Bertz CT molecular complexity index is 2490. The summed E-state index contributed by atoms with van der Waals surface area (Å²) in [6, 6.07) is 54.9. The fourth-order valence-corrected chi connectivity index (χ4v) is 7.35. The zero-order valence-corrected chi connectivity index (χ0v) is 25.5. The van der Waals surface area contributed by atoms with E-state index in [1.807, 2.05) is 35.6 Å². The molecule has 0 aliphatic rings. The molecule has 0 atom stereocenters. The molecule has 0 aliphatic heterocycles.